The lowest BCUT2D eigenvalue weighted by Gasteiger charge is -2.09. The number of hydrogen-bond acceptors (Lipinski definition) is 2. The molecule has 1 N–H and O–H groups in total. The molecule has 3 nitrogen and oxygen atoms in total. The van der Waals surface area contributed by atoms with E-state index in [9.17, 15) is 0 Å². The number of benzene rings is 2. The maximum atomic E-state index is 6.01. The second kappa shape index (κ2) is 5.57. The molecule has 0 fully saturated rings. The number of nitrogens with zero attached hydrogens (tertiary/aromatic N) is 2. The summed E-state index contributed by atoms with van der Waals surface area (Å²) in [6, 6.07) is 15.3. The van der Waals surface area contributed by atoms with Gasteiger partial charge in [-0.1, -0.05) is 29.3 Å². The Balaban J connectivity index is 1.87. The third-order valence-electron chi connectivity index (χ3n) is 2.82. The molecule has 0 aliphatic rings. The second-order valence-electron chi connectivity index (χ2n) is 4.25. The third-order valence-corrected chi connectivity index (χ3v) is 3.56. The highest BCUT2D eigenvalue weighted by Gasteiger charge is 2.02. The molecule has 0 spiro atoms. The van der Waals surface area contributed by atoms with E-state index in [1.165, 1.54) is 0 Å². The van der Waals surface area contributed by atoms with E-state index < -0.39 is 0 Å². The molecule has 0 atom stereocenters. The first-order chi connectivity index (χ1) is 9.72. The minimum absolute atomic E-state index is 0.528. The van der Waals surface area contributed by atoms with E-state index in [0.717, 1.165) is 17.1 Å². The van der Waals surface area contributed by atoms with Gasteiger partial charge in [0.2, 0.25) is 0 Å². The molecule has 0 radical (unpaired) electrons. The van der Waals surface area contributed by atoms with Crippen molar-refractivity contribution in [3.8, 4) is 5.69 Å². The van der Waals surface area contributed by atoms with Crippen LogP contribution in [0.2, 0.25) is 10.0 Å². The van der Waals surface area contributed by atoms with Gasteiger partial charge in [-0.2, -0.15) is 5.10 Å². The lowest BCUT2D eigenvalue weighted by atomic mass is 10.2. The summed E-state index contributed by atoms with van der Waals surface area (Å²) in [6.45, 7) is 0. The number of rotatable bonds is 3. The van der Waals surface area contributed by atoms with Crippen molar-refractivity contribution in [3.05, 3.63) is 71.0 Å². The molecule has 3 aromatic rings. The van der Waals surface area contributed by atoms with Crippen molar-refractivity contribution in [2.24, 2.45) is 0 Å². The molecule has 0 unspecified atom stereocenters. The van der Waals surface area contributed by atoms with E-state index in [-0.39, 0.29) is 0 Å². The number of anilines is 2. The molecule has 20 heavy (non-hydrogen) atoms. The highest BCUT2D eigenvalue weighted by molar-refractivity contribution is 6.42. The van der Waals surface area contributed by atoms with Crippen LogP contribution < -0.4 is 5.32 Å². The van der Waals surface area contributed by atoms with Gasteiger partial charge in [0.1, 0.15) is 0 Å². The minimum atomic E-state index is 0.528. The molecule has 5 heteroatoms. The minimum Gasteiger partial charge on any atom is -0.355 e. The van der Waals surface area contributed by atoms with Crippen molar-refractivity contribution in [1.29, 1.82) is 0 Å². The first-order valence-electron chi connectivity index (χ1n) is 6.04. The van der Waals surface area contributed by atoms with Crippen molar-refractivity contribution >= 4 is 34.6 Å². The van der Waals surface area contributed by atoms with Crippen molar-refractivity contribution < 1.29 is 0 Å². The van der Waals surface area contributed by atoms with Crippen LogP contribution in [0.15, 0.2) is 60.9 Å². The summed E-state index contributed by atoms with van der Waals surface area (Å²) in [5.74, 6) is 0. The van der Waals surface area contributed by atoms with Gasteiger partial charge in [-0.25, -0.2) is 4.68 Å². The molecule has 0 saturated carbocycles. The molecule has 100 valence electrons. The van der Waals surface area contributed by atoms with E-state index in [2.05, 4.69) is 10.4 Å². The molecular formula is C15H11Cl2N3. The molecule has 0 bridgehead atoms. The Hall–Kier alpha value is -1.97. The predicted octanol–water partition coefficient (Wildman–Crippen LogP) is 4.92. The smallest absolute Gasteiger partial charge is 0.0666 e. The molecule has 0 aliphatic carbocycles. The molecule has 0 amide bonds. The number of hydrogen-bond donors (Lipinski definition) is 1. The largest absolute Gasteiger partial charge is 0.355 e. The van der Waals surface area contributed by atoms with Crippen LogP contribution in [0.5, 0.6) is 0 Å². The summed E-state index contributed by atoms with van der Waals surface area (Å²) in [5.41, 5.74) is 2.83. The molecule has 3 rings (SSSR count). The maximum Gasteiger partial charge on any atom is 0.0666 e. The molecular weight excluding hydrogens is 293 g/mol. The van der Waals surface area contributed by atoms with Gasteiger partial charge < -0.3 is 5.32 Å². The maximum absolute atomic E-state index is 6.01. The summed E-state index contributed by atoms with van der Waals surface area (Å²) < 4.78 is 1.81. The summed E-state index contributed by atoms with van der Waals surface area (Å²) >= 11 is 11.9. The Labute approximate surface area is 126 Å². The Morgan fingerprint density at radius 3 is 2.50 bits per heavy atom. The second-order valence-corrected chi connectivity index (χ2v) is 5.07. The van der Waals surface area contributed by atoms with Crippen molar-refractivity contribution in [2.45, 2.75) is 0 Å². The number of halogens is 2. The fourth-order valence-electron chi connectivity index (χ4n) is 1.89. The Morgan fingerprint density at radius 2 is 1.75 bits per heavy atom. The first kappa shape index (κ1) is 13.0. The zero-order valence-electron chi connectivity index (χ0n) is 10.4. The van der Waals surface area contributed by atoms with Gasteiger partial charge in [0.05, 0.1) is 15.7 Å². The average molecular weight is 304 g/mol. The summed E-state index contributed by atoms with van der Waals surface area (Å²) in [4.78, 5) is 0. The summed E-state index contributed by atoms with van der Waals surface area (Å²) in [7, 11) is 0. The van der Waals surface area contributed by atoms with Crippen LogP contribution in [0, 0.1) is 0 Å². The molecule has 2 aromatic carbocycles. The highest BCUT2D eigenvalue weighted by Crippen LogP contribution is 2.27. The number of aromatic nitrogens is 2. The van der Waals surface area contributed by atoms with E-state index >= 15 is 0 Å². The quantitative estimate of drug-likeness (QED) is 0.744. The topological polar surface area (TPSA) is 29.9 Å². The fraction of sp³-hybridized carbons (Fsp3) is 0. The zero-order valence-corrected chi connectivity index (χ0v) is 11.9. The standard InChI is InChI=1S/C15H11Cl2N3/c16-14-6-5-12(10-15(14)17)19-11-3-1-4-13(9-11)20-8-2-7-18-20/h1-10,19H. The SMILES string of the molecule is Clc1ccc(Nc2cccc(-n3cccn3)c2)cc1Cl. The average Bonchev–Trinajstić information content (AvgIpc) is 2.97. The highest BCUT2D eigenvalue weighted by atomic mass is 35.5. The Kier molecular flexibility index (Phi) is 3.63. The lowest BCUT2D eigenvalue weighted by molar-refractivity contribution is 0.881. The van der Waals surface area contributed by atoms with E-state index in [1.807, 2.05) is 42.6 Å². The van der Waals surface area contributed by atoms with Crippen LogP contribution in [0.3, 0.4) is 0 Å². The third kappa shape index (κ3) is 2.79. The molecule has 0 aliphatic heterocycles. The first-order valence-corrected chi connectivity index (χ1v) is 6.80. The predicted molar refractivity (Wildman–Crippen MR) is 83.3 cm³/mol. The van der Waals surface area contributed by atoms with E-state index in [1.54, 1.807) is 23.0 Å². The van der Waals surface area contributed by atoms with Crippen molar-refractivity contribution in [2.75, 3.05) is 5.32 Å². The molecule has 1 aromatic heterocycles. The molecule has 0 saturated heterocycles. The van der Waals surface area contributed by atoms with Crippen molar-refractivity contribution in [3.63, 3.8) is 0 Å². The summed E-state index contributed by atoms with van der Waals surface area (Å²) in [5, 5.41) is 8.57. The van der Waals surface area contributed by atoms with Gasteiger partial charge in [0.15, 0.2) is 0 Å². The fourth-order valence-corrected chi connectivity index (χ4v) is 2.19. The van der Waals surface area contributed by atoms with Gasteiger partial charge >= 0.3 is 0 Å². The Bertz CT molecular complexity index is 724. The van der Waals surface area contributed by atoms with Crippen LogP contribution in [0.4, 0.5) is 11.4 Å². The van der Waals surface area contributed by atoms with Crippen LogP contribution in [-0.2, 0) is 0 Å². The van der Waals surface area contributed by atoms with Gasteiger partial charge in [0, 0.05) is 23.8 Å². The monoisotopic (exact) mass is 303 g/mol. The zero-order chi connectivity index (χ0) is 13.9. The van der Waals surface area contributed by atoms with Crippen molar-refractivity contribution in [1.82, 2.24) is 9.78 Å². The van der Waals surface area contributed by atoms with Gasteiger partial charge in [-0.3, -0.25) is 0 Å². The van der Waals surface area contributed by atoms with E-state index in [4.69, 9.17) is 23.2 Å². The van der Waals surface area contributed by atoms with Gasteiger partial charge in [-0.15, -0.1) is 0 Å². The van der Waals surface area contributed by atoms with E-state index in [0.29, 0.717) is 10.0 Å². The lowest BCUT2D eigenvalue weighted by Crippen LogP contribution is -1.96. The van der Waals surface area contributed by atoms with Crippen LogP contribution in [0.25, 0.3) is 5.69 Å². The van der Waals surface area contributed by atoms with Crippen LogP contribution in [-0.4, -0.2) is 9.78 Å². The molecule has 1 heterocycles. The van der Waals surface area contributed by atoms with Crippen LogP contribution >= 0.6 is 23.2 Å². The van der Waals surface area contributed by atoms with Crippen LogP contribution in [0.1, 0.15) is 0 Å². The van der Waals surface area contributed by atoms with Gasteiger partial charge in [0.25, 0.3) is 0 Å². The summed E-state index contributed by atoms with van der Waals surface area (Å²) in [6.07, 6.45) is 3.65. The Morgan fingerprint density at radius 1 is 0.900 bits per heavy atom. The van der Waals surface area contributed by atoms with Gasteiger partial charge in [-0.05, 0) is 42.5 Å². The normalized spacial score (nSPS) is 10.5. The number of nitrogens with one attached hydrogen (secondary N) is 1.